The number of benzene rings is 2. The van der Waals surface area contributed by atoms with Gasteiger partial charge in [0.25, 0.3) is 5.91 Å². The van der Waals surface area contributed by atoms with Crippen LogP contribution in [0.4, 0.5) is 0 Å². The maximum Gasteiger partial charge on any atom is 0.335 e. The molecule has 3 rings (SSSR count). The van der Waals surface area contributed by atoms with Crippen LogP contribution in [-0.2, 0) is 6.54 Å². The molecule has 0 aliphatic heterocycles. The molecule has 0 bridgehead atoms. The molecule has 32 heavy (non-hydrogen) atoms. The zero-order valence-electron chi connectivity index (χ0n) is 17.7. The molecule has 2 aromatic carbocycles. The van der Waals surface area contributed by atoms with E-state index in [1.807, 2.05) is 6.92 Å². The van der Waals surface area contributed by atoms with Crippen molar-refractivity contribution in [1.29, 1.82) is 0 Å². The molecule has 0 unspecified atom stereocenters. The van der Waals surface area contributed by atoms with Crippen LogP contribution in [0.1, 0.15) is 39.6 Å². The van der Waals surface area contributed by atoms with E-state index in [1.165, 1.54) is 25.4 Å². The molecule has 0 radical (unpaired) electrons. The molecule has 0 fully saturated rings. The lowest BCUT2D eigenvalue weighted by atomic mass is 10.0. The molecule has 0 atom stereocenters. The minimum absolute atomic E-state index is 0.140. The Morgan fingerprint density at radius 2 is 1.94 bits per heavy atom. The Morgan fingerprint density at radius 3 is 2.62 bits per heavy atom. The van der Waals surface area contributed by atoms with Gasteiger partial charge in [-0.05, 0) is 55.0 Å². The number of methoxy groups -OCH3 is 1. The average molecular weight is 455 g/mol. The summed E-state index contributed by atoms with van der Waals surface area (Å²) >= 11 is 6.27. The zero-order valence-corrected chi connectivity index (χ0v) is 18.5. The lowest BCUT2D eigenvalue weighted by Crippen LogP contribution is -2.23. The van der Waals surface area contributed by atoms with Crippen LogP contribution < -0.4 is 14.8 Å². The molecule has 0 aliphatic carbocycles. The van der Waals surface area contributed by atoms with Gasteiger partial charge in [-0.25, -0.2) is 4.79 Å². The first-order valence-electron chi connectivity index (χ1n) is 10.00. The molecule has 0 saturated carbocycles. The minimum Gasteiger partial charge on any atom is -0.496 e. The highest BCUT2D eigenvalue weighted by atomic mass is 35.5. The van der Waals surface area contributed by atoms with Gasteiger partial charge in [-0.1, -0.05) is 18.5 Å². The number of hydrogen-bond acceptors (Lipinski definition) is 5. The Hall–Kier alpha value is -3.58. The molecule has 3 aromatic rings. The number of nitrogens with zero attached hydrogens (tertiary/aromatic N) is 1. The quantitative estimate of drug-likeness (QED) is 0.480. The van der Waals surface area contributed by atoms with E-state index in [4.69, 9.17) is 21.1 Å². The Kier molecular flexibility index (Phi) is 7.68. The van der Waals surface area contributed by atoms with Crippen LogP contribution in [0.15, 0.2) is 54.7 Å². The Balaban J connectivity index is 1.78. The number of nitrogens with one attached hydrogen (secondary N) is 1. The standard InChI is InChI=1S/C24H23ClN2O5/c1-3-10-32-18-5-6-19(20(25)13-18)23(28)27-14-17-11-15(4-7-22(17)31-2)21-12-16(24(29)30)8-9-26-21/h4-9,11-13H,3,10,14H2,1-2H3,(H,27,28)(H,29,30). The maximum absolute atomic E-state index is 12.7. The van der Waals surface area contributed by atoms with Crippen molar-refractivity contribution in [2.45, 2.75) is 19.9 Å². The summed E-state index contributed by atoms with van der Waals surface area (Å²) in [6, 6.07) is 13.2. The van der Waals surface area contributed by atoms with Crippen molar-refractivity contribution in [1.82, 2.24) is 10.3 Å². The lowest BCUT2D eigenvalue weighted by molar-refractivity contribution is 0.0696. The van der Waals surface area contributed by atoms with Crippen LogP contribution >= 0.6 is 11.6 Å². The molecule has 7 nitrogen and oxygen atoms in total. The topological polar surface area (TPSA) is 97.8 Å². The van der Waals surface area contributed by atoms with E-state index < -0.39 is 5.97 Å². The Labute approximate surface area is 191 Å². The molecule has 166 valence electrons. The molecule has 0 saturated heterocycles. The van der Waals surface area contributed by atoms with Crippen LogP contribution in [0, 0.1) is 0 Å². The second-order valence-corrected chi connectivity index (χ2v) is 7.34. The van der Waals surface area contributed by atoms with Gasteiger partial charge in [0.2, 0.25) is 0 Å². The molecule has 0 aliphatic rings. The van der Waals surface area contributed by atoms with Crippen molar-refractivity contribution < 1.29 is 24.2 Å². The molecule has 0 spiro atoms. The summed E-state index contributed by atoms with van der Waals surface area (Å²) in [5.74, 6) is -0.176. The lowest BCUT2D eigenvalue weighted by Gasteiger charge is -2.13. The van der Waals surface area contributed by atoms with E-state index in [0.717, 1.165) is 6.42 Å². The average Bonchev–Trinajstić information content (AvgIpc) is 2.81. The minimum atomic E-state index is -1.03. The number of halogens is 1. The van der Waals surface area contributed by atoms with Gasteiger partial charge in [0.05, 0.1) is 35.6 Å². The summed E-state index contributed by atoms with van der Waals surface area (Å²) in [6.45, 7) is 2.76. The van der Waals surface area contributed by atoms with E-state index >= 15 is 0 Å². The first kappa shape index (κ1) is 23.1. The van der Waals surface area contributed by atoms with Gasteiger partial charge in [-0.2, -0.15) is 0 Å². The highest BCUT2D eigenvalue weighted by Crippen LogP contribution is 2.27. The number of aromatic carboxylic acids is 1. The maximum atomic E-state index is 12.7. The number of carbonyl (C=O) groups excluding carboxylic acids is 1. The summed E-state index contributed by atoms with van der Waals surface area (Å²) in [4.78, 5) is 28.2. The van der Waals surface area contributed by atoms with Gasteiger partial charge in [-0.15, -0.1) is 0 Å². The third kappa shape index (κ3) is 5.56. The van der Waals surface area contributed by atoms with E-state index in [0.29, 0.717) is 45.5 Å². The van der Waals surface area contributed by atoms with Gasteiger partial charge >= 0.3 is 5.97 Å². The number of carboxylic acids is 1. The molecular weight excluding hydrogens is 432 g/mol. The van der Waals surface area contributed by atoms with Crippen LogP contribution in [0.25, 0.3) is 11.3 Å². The van der Waals surface area contributed by atoms with Crippen LogP contribution in [0.5, 0.6) is 11.5 Å². The smallest absolute Gasteiger partial charge is 0.335 e. The predicted octanol–water partition coefficient (Wildman–Crippen LogP) is 4.83. The van der Waals surface area contributed by atoms with Crippen molar-refractivity contribution in [2.24, 2.45) is 0 Å². The predicted molar refractivity (Wildman–Crippen MR) is 122 cm³/mol. The fourth-order valence-electron chi connectivity index (χ4n) is 3.06. The highest BCUT2D eigenvalue weighted by Gasteiger charge is 2.14. The summed E-state index contributed by atoms with van der Waals surface area (Å²) < 4.78 is 10.9. The van der Waals surface area contributed by atoms with Gasteiger partial charge in [-0.3, -0.25) is 9.78 Å². The number of carboxylic acid groups (broad SMARTS) is 1. The molecular formula is C24H23ClN2O5. The normalized spacial score (nSPS) is 10.5. The second-order valence-electron chi connectivity index (χ2n) is 6.93. The van der Waals surface area contributed by atoms with Crippen molar-refractivity contribution in [3.63, 3.8) is 0 Å². The molecule has 1 aromatic heterocycles. The Morgan fingerprint density at radius 1 is 1.12 bits per heavy atom. The van der Waals surface area contributed by atoms with E-state index in [9.17, 15) is 14.7 Å². The van der Waals surface area contributed by atoms with Crippen molar-refractivity contribution in [2.75, 3.05) is 13.7 Å². The first-order valence-corrected chi connectivity index (χ1v) is 10.4. The number of amides is 1. The van der Waals surface area contributed by atoms with Crippen molar-refractivity contribution in [3.05, 3.63) is 76.4 Å². The first-order chi connectivity index (χ1) is 15.4. The van der Waals surface area contributed by atoms with E-state index in [1.54, 1.807) is 36.4 Å². The number of rotatable bonds is 9. The summed E-state index contributed by atoms with van der Waals surface area (Å²) in [5, 5.41) is 12.4. The number of aromatic nitrogens is 1. The SMILES string of the molecule is CCCOc1ccc(C(=O)NCc2cc(-c3cc(C(=O)O)ccn3)ccc2OC)c(Cl)c1. The summed E-state index contributed by atoms with van der Waals surface area (Å²) in [6.07, 6.45) is 2.32. The molecule has 1 amide bonds. The fraction of sp³-hybridized carbons (Fsp3) is 0.208. The molecule has 1 heterocycles. The third-order valence-electron chi connectivity index (χ3n) is 4.68. The summed E-state index contributed by atoms with van der Waals surface area (Å²) in [7, 11) is 1.54. The summed E-state index contributed by atoms with van der Waals surface area (Å²) in [5.41, 5.74) is 2.39. The van der Waals surface area contributed by atoms with E-state index in [2.05, 4.69) is 10.3 Å². The zero-order chi connectivity index (χ0) is 23.1. The third-order valence-corrected chi connectivity index (χ3v) is 4.99. The van der Waals surface area contributed by atoms with Gasteiger partial charge in [0.15, 0.2) is 0 Å². The highest BCUT2D eigenvalue weighted by molar-refractivity contribution is 6.34. The van der Waals surface area contributed by atoms with Gasteiger partial charge < -0.3 is 19.9 Å². The number of ether oxygens (including phenoxy) is 2. The molecule has 8 heteroatoms. The fourth-order valence-corrected chi connectivity index (χ4v) is 3.31. The Bertz CT molecular complexity index is 1130. The monoisotopic (exact) mass is 454 g/mol. The van der Waals surface area contributed by atoms with Crippen LogP contribution in [0.2, 0.25) is 5.02 Å². The molecule has 2 N–H and O–H groups in total. The van der Waals surface area contributed by atoms with Crippen LogP contribution in [0.3, 0.4) is 0 Å². The van der Waals surface area contributed by atoms with Gasteiger partial charge in [0.1, 0.15) is 11.5 Å². The van der Waals surface area contributed by atoms with Crippen LogP contribution in [-0.4, -0.2) is 35.7 Å². The van der Waals surface area contributed by atoms with Crippen molar-refractivity contribution >= 4 is 23.5 Å². The largest absolute Gasteiger partial charge is 0.496 e. The number of carbonyl (C=O) groups is 2. The second kappa shape index (κ2) is 10.6. The van der Waals surface area contributed by atoms with E-state index in [-0.39, 0.29) is 18.0 Å². The number of hydrogen-bond donors (Lipinski definition) is 2. The van der Waals surface area contributed by atoms with Gasteiger partial charge in [0, 0.05) is 23.9 Å². The van der Waals surface area contributed by atoms with Crippen molar-refractivity contribution in [3.8, 4) is 22.8 Å². The number of pyridine rings is 1.